The van der Waals surface area contributed by atoms with Gasteiger partial charge in [-0.15, -0.1) is 0 Å². The van der Waals surface area contributed by atoms with Crippen molar-refractivity contribution in [3.8, 4) is 11.4 Å². The summed E-state index contributed by atoms with van der Waals surface area (Å²) in [6.07, 6.45) is 1.82. The summed E-state index contributed by atoms with van der Waals surface area (Å²) in [5.41, 5.74) is 4.76. The lowest BCUT2D eigenvalue weighted by Gasteiger charge is -2.14. The quantitative estimate of drug-likeness (QED) is 0.314. The van der Waals surface area contributed by atoms with E-state index in [1.165, 1.54) is 4.90 Å². The van der Waals surface area contributed by atoms with Crippen LogP contribution in [0.4, 0.5) is 4.79 Å². The van der Waals surface area contributed by atoms with Crippen LogP contribution in [0.15, 0.2) is 77.7 Å². The average molecular weight is 469 g/mol. The Bertz CT molecular complexity index is 1470. The molecule has 6 heteroatoms. The van der Waals surface area contributed by atoms with Crippen LogP contribution in [0.3, 0.4) is 0 Å². The zero-order valence-corrected chi connectivity index (χ0v) is 20.1. The number of aryl methyl sites for hydroxylation is 1. The van der Waals surface area contributed by atoms with E-state index in [0.717, 1.165) is 56.5 Å². The van der Waals surface area contributed by atoms with Crippen molar-refractivity contribution in [2.45, 2.75) is 20.4 Å². The SMILES string of the molecule is COc1ccccc1-n1c(C)cc(/C=C2\SC(=O)N(Cc3ccc4ccccc4c3)C2=O)c1C. The van der Waals surface area contributed by atoms with Crippen molar-refractivity contribution < 1.29 is 14.3 Å². The molecular weight excluding hydrogens is 444 g/mol. The first-order valence-corrected chi connectivity index (χ1v) is 11.8. The highest BCUT2D eigenvalue weighted by molar-refractivity contribution is 8.18. The van der Waals surface area contributed by atoms with Crippen molar-refractivity contribution in [3.05, 3.63) is 100 Å². The van der Waals surface area contributed by atoms with E-state index in [0.29, 0.717) is 4.91 Å². The van der Waals surface area contributed by atoms with Gasteiger partial charge in [-0.1, -0.05) is 48.5 Å². The molecule has 0 spiro atoms. The molecule has 0 N–H and O–H groups in total. The van der Waals surface area contributed by atoms with Gasteiger partial charge in [-0.2, -0.15) is 0 Å². The van der Waals surface area contributed by atoms with Crippen LogP contribution < -0.4 is 4.74 Å². The van der Waals surface area contributed by atoms with Crippen molar-refractivity contribution >= 4 is 39.8 Å². The Labute approximate surface area is 202 Å². The van der Waals surface area contributed by atoms with Gasteiger partial charge < -0.3 is 9.30 Å². The largest absolute Gasteiger partial charge is 0.495 e. The molecule has 3 aromatic carbocycles. The number of carbonyl (C=O) groups excluding carboxylic acids is 2. The Morgan fingerprint density at radius 2 is 1.65 bits per heavy atom. The first kappa shape index (κ1) is 22.0. The number of hydrogen-bond acceptors (Lipinski definition) is 4. The van der Waals surface area contributed by atoms with Gasteiger partial charge in [0.05, 0.1) is 24.2 Å². The molecule has 170 valence electrons. The van der Waals surface area contributed by atoms with Crippen LogP contribution >= 0.6 is 11.8 Å². The van der Waals surface area contributed by atoms with Crippen LogP contribution in [0.5, 0.6) is 5.75 Å². The zero-order valence-electron chi connectivity index (χ0n) is 19.2. The van der Waals surface area contributed by atoms with Crippen molar-refractivity contribution in [1.82, 2.24) is 9.47 Å². The lowest BCUT2D eigenvalue weighted by atomic mass is 10.1. The minimum atomic E-state index is -0.259. The lowest BCUT2D eigenvalue weighted by Crippen LogP contribution is -2.27. The number of ether oxygens (including phenoxy) is 1. The molecule has 4 aromatic rings. The van der Waals surface area contributed by atoms with Crippen molar-refractivity contribution in [2.24, 2.45) is 0 Å². The number of para-hydroxylation sites is 2. The van der Waals surface area contributed by atoms with Gasteiger partial charge in [0.25, 0.3) is 11.1 Å². The zero-order chi connectivity index (χ0) is 23.8. The molecule has 1 aliphatic heterocycles. The van der Waals surface area contributed by atoms with Crippen LogP contribution in [-0.4, -0.2) is 27.7 Å². The Morgan fingerprint density at radius 3 is 2.44 bits per heavy atom. The van der Waals surface area contributed by atoms with E-state index in [2.05, 4.69) is 4.57 Å². The molecule has 1 aromatic heterocycles. The third kappa shape index (κ3) is 3.90. The monoisotopic (exact) mass is 468 g/mol. The number of methoxy groups -OCH3 is 1. The van der Waals surface area contributed by atoms with E-state index in [4.69, 9.17) is 4.74 Å². The van der Waals surface area contributed by atoms with Crippen LogP contribution in [0.25, 0.3) is 22.5 Å². The Balaban J connectivity index is 1.44. The molecule has 2 amide bonds. The molecule has 0 saturated carbocycles. The molecule has 0 bridgehead atoms. The first-order chi connectivity index (χ1) is 16.5. The van der Waals surface area contributed by atoms with Gasteiger partial charge in [0.1, 0.15) is 5.75 Å². The molecule has 1 aliphatic rings. The molecule has 5 nitrogen and oxygen atoms in total. The molecule has 0 aliphatic carbocycles. The standard InChI is InChI=1S/C28H24N2O3S/c1-18-14-23(19(2)30(18)24-10-6-7-11-25(24)33-3)16-26-27(31)29(28(32)34-26)17-20-12-13-21-8-4-5-9-22(21)15-20/h4-16H,17H2,1-3H3/b26-16-. The third-order valence-electron chi connectivity index (χ3n) is 6.11. The molecule has 0 radical (unpaired) electrons. The molecule has 2 heterocycles. The van der Waals surface area contributed by atoms with E-state index in [9.17, 15) is 9.59 Å². The fraction of sp³-hybridized carbons (Fsp3) is 0.143. The number of fused-ring (bicyclic) bond motifs is 1. The summed E-state index contributed by atoms with van der Waals surface area (Å²) in [6.45, 7) is 4.28. The number of carbonyl (C=O) groups is 2. The maximum absolute atomic E-state index is 13.2. The number of hydrogen-bond donors (Lipinski definition) is 0. The van der Waals surface area contributed by atoms with Crippen LogP contribution in [0, 0.1) is 13.8 Å². The minimum absolute atomic E-state index is 0.247. The first-order valence-electron chi connectivity index (χ1n) is 11.0. The highest BCUT2D eigenvalue weighted by atomic mass is 32.2. The maximum Gasteiger partial charge on any atom is 0.293 e. The van der Waals surface area contributed by atoms with E-state index in [1.807, 2.05) is 92.7 Å². The van der Waals surface area contributed by atoms with E-state index >= 15 is 0 Å². The van der Waals surface area contributed by atoms with E-state index in [-0.39, 0.29) is 17.7 Å². The fourth-order valence-corrected chi connectivity index (χ4v) is 5.25. The summed E-state index contributed by atoms with van der Waals surface area (Å²) in [7, 11) is 1.65. The average Bonchev–Trinajstić information content (AvgIpc) is 3.27. The fourth-order valence-electron chi connectivity index (χ4n) is 4.42. The lowest BCUT2D eigenvalue weighted by molar-refractivity contribution is -0.123. The summed E-state index contributed by atoms with van der Waals surface area (Å²) in [5, 5.41) is 1.97. The van der Waals surface area contributed by atoms with E-state index in [1.54, 1.807) is 7.11 Å². The summed E-state index contributed by atoms with van der Waals surface area (Å²) in [4.78, 5) is 27.6. The van der Waals surface area contributed by atoms with Gasteiger partial charge in [0.15, 0.2) is 0 Å². The van der Waals surface area contributed by atoms with Crippen LogP contribution in [0.2, 0.25) is 0 Å². The van der Waals surface area contributed by atoms with Gasteiger partial charge in [0, 0.05) is 11.4 Å². The van der Waals surface area contributed by atoms with Gasteiger partial charge in [-0.3, -0.25) is 14.5 Å². The third-order valence-corrected chi connectivity index (χ3v) is 7.02. The summed E-state index contributed by atoms with van der Waals surface area (Å²) < 4.78 is 7.64. The van der Waals surface area contributed by atoms with Gasteiger partial charge >= 0.3 is 0 Å². The van der Waals surface area contributed by atoms with Crippen LogP contribution in [-0.2, 0) is 11.3 Å². The van der Waals surface area contributed by atoms with Crippen LogP contribution in [0.1, 0.15) is 22.5 Å². The number of amides is 2. The highest BCUT2D eigenvalue weighted by Gasteiger charge is 2.35. The number of nitrogens with zero attached hydrogens (tertiary/aromatic N) is 2. The van der Waals surface area contributed by atoms with Gasteiger partial charge in [-0.05, 0) is 77.9 Å². The number of thioether (sulfide) groups is 1. The molecule has 5 rings (SSSR count). The second-order valence-electron chi connectivity index (χ2n) is 8.28. The summed E-state index contributed by atoms with van der Waals surface area (Å²) in [5.74, 6) is 0.511. The predicted molar refractivity (Wildman–Crippen MR) is 137 cm³/mol. The minimum Gasteiger partial charge on any atom is -0.495 e. The second kappa shape index (κ2) is 8.88. The maximum atomic E-state index is 13.2. The van der Waals surface area contributed by atoms with Crippen molar-refractivity contribution in [3.63, 3.8) is 0 Å². The van der Waals surface area contributed by atoms with E-state index < -0.39 is 0 Å². The Morgan fingerprint density at radius 1 is 0.912 bits per heavy atom. The topological polar surface area (TPSA) is 51.5 Å². The summed E-state index contributed by atoms with van der Waals surface area (Å²) in [6, 6.07) is 23.9. The predicted octanol–water partition coefficient (Wildman–Crippen LogP) is 6.49. The highest BCUT2D eigenvalue weighted by Crippen LogP contribution is 2.35. The summed E-state index contributed by atoms with van der Waals surface area (Å²) >= 11 is 0.991. The molecule has 0 atom stereocenters. The smallest absolute Gasteiger partial charge is 0.293 e. The molecule has 1 fully saturated rings. The van der Waals surface area contributed by atoms with Crippen molar-refractivity contribution in [2.75, 3.05) is 7.11 Å². The number of benzene rings is 3. The molecule has 0 unspecified atom stereocenters. The Hall–Kier alpha value is -3.77. The normalized spacial score (nSPS) is 15.0. The number of aromatic nitrogens is 1. The number of rotatable bonds is 5. The van der Waals surface area contributed by atoms with Gasteiger partial charge in [-0.25, -0.2) is 0 Å². The molecule has 34 heavy (non-hydrogen) atoms. The number of imide groups is 1. The molecule has 1 saturated heterocycles. The second-order valence-corrected chi connectivity index (χ2v) is 9.28. The molecular formula is C28H24N2O3S. The van der Waals surface area contributed by atoms with Gasteiger partial charge in [0.2, 0.25) is 0 Å². The Kier molecular flexibility index (Phi) is 5.75. The van der Waals surface area contributed by atoms with Crippen molar-refractivity contribution in [1.29, 1.82) is 0 Å².